The fraction of sp³-hybridized carbons (Fsp3) is 0.0952. The third-order valence-electron chi connectivity index (χ3n) is 4.14. The highest BCUT2D eigenvalue weighted by Gasteiger charge is 2.18. The molecule has 0 aliphatic rings. The van der Waals surface area contributed by atoms with Crippen LogP contribution >= 0.6 is 11.6 Å². The van der Waals surface area contributed by atoms with Crippen LogP contribution in [0.25, 0.3) is 11.4 Å². The van der Waals surface area contributed by atoms with Crippen LogP contribution in [0, 0.1) is 0 Å². The number of hydrogen-bond acceptors (Lipinski definition) is 5. The number of halogens is 1. The fourth-order valence-corrected chi connectivity index (χ4v) is 2.87. The van der Waals surface area contributed by atoms with Crippen molar-refractivity contribution in [3.05, 3.63) is 89.3 Å². The zero-order chi connectivity index (χ0) is 19.3. The largest absolute Gasteiger partial charge is 0.467 e. The van der Waals surface area contributed by atoms with Crippen LogP contribution in [0.2, 0.25) is 5.02 Å². The molecular formula is C21H17ClN4O2. The summed E-state index contributed by atoms with van der Waals surface area (Å²) in [5.41, 5.74) is 1.68. The van der Waals surface area contributed by atoms with E-state index >= 15 is 0 Å². The van der Waals surface area contributed by atoms with Gasteiger partial charge in [-0.25, -0.2) is 0 Å². The summed E-state index contributed by atoms with van der Waals surface area (Å²) in [4.78, 5) is 17.4. The molecule has 0 radical (unpaired) electrons. The molecule has 0 atom stereocenters. The Bertz CT molecular complexity index is 1060. The van der Waals surface area contributed by atoms with E-state index in [9.17, 15) is 4.79 Å². The maximum absolute atomic E-state index is 12.9. The number of rotatable bonds is 6. The molecule has 2 aromatic carbocycles. The number of nitrogens with one attached hydrogen (secondary N) is 1. The predicted molar refractivity (Wildman–Crippen MR) is 107 cm³/mol. The van der Waals surface area contributed by atoms with Gasteiger partial charge in [0, 0.05) is 10.6 Å². The molecule has 4 aromatic rings. The molecule has 140 valence electrons. The summed E-state index contributed by atoms with van der Waals surface area (Å²) in [6, 6.07) is 20.4. The number of nitrogens with zero attached hydrogens (tertiary/aromatic N) is 3. The van der Waals surface area contributed by atoms with Crippen LogP contribution in [0.4, 0.5) is 5.95 Å². The highest BCUT2D eigenvalue weighted by molar-refractivity contribution is 6.30. The van der Waals surface area contributed by atoms with Crippen LogP contribution in [-0.4, -0.2) is 20.7 Å². The van der Waals surface area contributed by atoms with Crippen LogP contribution in [0.1, 0.15) is 16.1 Å². The predicted octanol–water partition coefficient (Wildman–Crippen LogP) is 4.69. The van der Waals surface area contributed by atoms with Crippen molar-refractivity contribution in [1.82, 2.24) is 14.8 Å². The summed E-state index contributed by atoms with van der Waals surface area (Å²) in [7, 11) is 0. The minimum atomic E-state index is -0.180. The SMILES string of the molecule is O=C(Cc1ccccc1)n1nc(-c2ccc(Cl)cc2)nc1NCc1ccco1. The molecule has 28 heavy (non-hydrogen) atoms. The third-order valence-corrected chi connectivity index (χ3v) is 4.40. The Morgan fingerprint density at radius 2 is 1.82 bits per heavy atom. The van der Waals surface area contributed by atoms with Gasteiger partial charge in [0.1, 0.15) is 5.76 Å². The third kappa shape index (κ3) is 4.13. The van der Waals surface area contributed by atoms with Gasteiger partial charge in [-0.1, -0.05) is 41.9 Å². The van der Waals surface area contributed by atoms with Gasteiger partial charge in [0.15, 0.2) is 5.82 Å². The van der Waals surface area contributed by atoms with Gasteiger partial charge in [-0.2, -0.15) is 9.67 Å². The summed E-state index contributed by atoms with van der Waals surface area (Å²) >= 11 is 5.96. The van der Waals surface area contributed by atoms with Crippen molar-refractivity contribution in [3.8, 4) is 11.4 Å². The minimum Gasteiger partial charge on any atom is -0.467 e. The van der Waals surface area contributed by atoms with Gasteiger partial charge in [0.25, 0.3) is 5.91 Å². The Morgan fingerprint density at radius 3 is 2.54 bits per heavy atom. The summed E-state index contributed by atoms with van der Waals surface area (Å²) in [5.74, 6) is 1.36. The molecular weight excluding hydrogens is 376 g/mol. The van der Waals surface area contributed by atoms with E-state index in [1.54, 1.807) is 24.5 Å². The Labute approximate surface area is 166 Å². The molecule has 0 spiro atoms. The van der Waals surface area contributed by atoms with E-state index in [2.05, 4.69) is 15.4 Å². The number of benzene rings is 2. The first-order valence-electron chi connectivity index (χ1n) is 8.75. The molecule has 0 fully saturated rings. The normalized spacial score (nSPS) is 10.8. The van der Waals surface area contributed by atoms with Gasteiger partial charge in [0.2, 0.25) is 5.95 Å². The second-order valence-corrected chi connectivity index (χ2v) is 6.60. The van der Waals surface area contributed by atoms with E-state index in [1.165, 1.54) is 4.68 Å². The van der Waals surface area contributed by atoms with Crippen LogP contribution in [0.15, 0.2) is 77.4 Å². The van der Waals surface area contributed by atoms with Gasteiger partial charge in [0.05, 0.1) is 19.2 Å². The Kier molecular flexibility index (Phi) is 5.21. The van der Waals surface area contributed by atoms with Crippen molar-refractivity contribution in [3.63, 3.8) is 0 Å². The van der Waals surface area contributed by atoms with E-state index in [0.717, 1.165) is 16.9 Å². The molecule has 0 aliphatic carbocycles. The molecule has 0 bridgehead atoms. The van der Waals surface area contributed by atoms with Crippen LogP contribution in [0.5, 0.6) is 0 Å². The summed E-state index contributed by atoms with van der Waals surface area (Å²) in [5, 5.41) is 8.18. The molecule has 0 saturated carbocycles. The number of carbonyl (C=O) groups is 1. The Morgan fingerprint density at radius 1 is 1.04 bits per heavy atom. The maximum atomic E-state index is 12.9. The van der Waals surface area contributed by atoms with Crippen LogP contribution < -0.4 is 5.32 Å². The Balaban J connectivity index is 1.63. The lowest BCUT2D eigenvalue weighted by molar-refractivity contribution is 0.0901. The first-order valence-corrected chi connectivity index (χ1v) is 9.13. The number of furan rings is 1. The molecule has 6 nitrogen and oxygen atoms in total. The van der Waals surface area contributed by atoms with Gasteiger partial charge in [-0.15, -0.1) is 5.10 Å². The molecule has 0 amide bonds. The van der Waals surface area contributed by atoms with Crippen molar-refractivity contribution >= 4 is 23.5 Å². The van der Waals surface area contributed by atoms with Crippen molar-refractivity contribution in [2.45, 2.75) is 13.0 Å². The number of carbonyl (C=O) groups excluding carboxylic acids is 1. The molecule has 7 heteroatoms. The molecule has 0 unspecified atom stereocenters. The lowest BCUT2D eigenvalue weighted by Gasteiger charge is -2.06. The standard InChI is InChI=1S/C21H17ClN4O2/c22-17-10-8-16(9-11-17)20-24-21(23-14-18-7-4-12-28-18)26(25-20)19(27)13-15-5-2-1-3-6-15/h1-12H,13-14H2,(H,23,24,25). The average Bonchev–Trinajstić information content (AvgIpc) is 3.37. The van der Waals surface area contributed by atoms with Gasteiger partial charge in [-0.3, -0.25) is 4.79 Å². The van der Waals surface area contributed by atoms with E-state index < -0.39 is 0 Å². The quantitative estimate of drug-likeness (QED) is 0.515. The molecule has 1 N–H and O–H groups in total. The smallest absolute Gasteiger partial charge is 0.254 e. The van der Waals surface area contributed by atoms with Gasteiger partial charge >= 0.3 is 0 Å². The number of anilines is 1. The molecule has 2 heterocycles. The van der Waals surface area contributed by atoms with Crippen molar-refractivity contribution in [1.29, 1.82) is 0 Å². The zero-order valence-corrected chi connectivity index (χ0v) is 15.6. The fourth-order valence-electron chi connectivity index (χ4n) is 2.75. The van der Waals surface area contributed by atoms with Crippen LogP contribution in [-0.2, 0) is 13.0 Å². The summed E-state index contributed by atoms with van der Waals surface area (Å²) in [6.07, 6.45) is 1.82. The zero-order valence-electron chi connectivity index (χ0n) is 14.9. The van der Waals surface area contributed by atoms with E-state index in [1.807, 2.05) is 48.5 Å². The van der Waals surface area contributed by atoms with Crippen LogP contribution in [0.3, 0.4) is 0 Å². The summed E-state index contributed by atoms with van der Waals surface area (Å²) in [6.45, 7) is 0.393. The molecule has 0 aliphatic heterocycles. The van der Waals surface area contributed by atoms with E-state index in [-0.39, 0.29) is 12.3 Å². The average molecular weight is 393 g/mol. The van der Waals surface area contributed by atoms with E-state index in [0.29, 0.717) is 23.3 Å². The first kappa shape index (κ1) is 18.0. The first-order chi connectivity index (χ1) is 13.7. The monoisotopic (exact) mass is 392 g/mol. The second-order valence-electron chi connectivity index (χ2n) is 6.17. The van der Waals surface area contributed by atoms with Gasteiger partial charge in [-0.05, 0) is 42.0 Å². The lowest BCUT2D eigenvalue weighted by Crippen LogP contribution is -2.18. The topological polar surface area (TPSA) is 73.0 Å². The molecule has 4 rings (SSSR count). The second kappa shape index (κ2) is 8.10. The van der Waals surface area contributed by atoms with Gasteiger partial charge < -0.3 is 9.73 Å². The summed E-state index contributed by atoms with van der Waals surface area (Å²) < 4.78 is 6.64. The van der Waals surface area contributed by atoms with E-state index in [4.69, 9.17) is 16.0 Å². The molecule has 0 saturated heterocycles. The number of hydrogen-bond donors (Lipinski definition) is 1. The van der Waals surface area contributed by atoms with Crippen molar-refractivity contribution in [2.24, 2.45) is 0 Å². The van der Waals surface area contributed by atoms with Crippen molar-refractivity contribution in [2.75, 3.05) is 5.32 Å². The highest BCUT2D eigenvalue weighted by atomic mass is 35.5. The minimum absolute atomic E-state index is 0.180. The molecule has 2 aromatic heterocycles. The van der Waals surface area contributed by atoms with Crippen molar-refractivity contribution < 1.29 is 9.21 Å². The lowest BCUT2D eigenvalue weighted by atomic mass is 10.1. The number of aromatic nitrogens is 3. The Hall–Kier alpha value is -3.38. The maximum Gasteiger partial charge on any atom is 0.254 e. The highest BCUT2D eigenvalue weighted by Crippen LogP contribution is 2.21.